The number of hydrogen-bond donors (Lipinski definition) is 2. The number of nitrogens with zero attached hydrogens (tertiary/aromatic N) is 3. The van der Waals surface area contributed by atoms with Crippen LogP contribution in [0.25, 0.3) is 0 Å². The van der Waals surface area contributed by atoms with Crippen molar-refractivity contribution in [3.8, 4) is 0 Å². The van der Waals surface area contributed by atoms with Gasteiger partial charge in [-0.1, -0.05) is 5.21 Å². The summed E-state index contributed by atoms with van der Waals surface area (Å²) < 4.78 is 6.42. The van der Waals surface area contributed by atoms with Gasteiger partial charge in [0.05, 0.1) is 18.9 Å². The molecule has 8 heteroatoms. The summed E-state index contributed by atoms with van der Waals surface area (Å²) in [7, 11) is 0. The molecule has 0 bridgehead atoms. The van der Waals surface area contributed by atoms with Gasteiger partial charge in [0, 0.05) is 6.54 Å². The molecule has 0 unspecified atom stereocenters. The summed E-state index contributed by atoms with van der Waals surface area (Å²) >= 11 is 0. The molecule has 0 aliphatic carbocycles. The fraction of sp³-hybridized carbons (Fsp3) is 0.600. The van der Waals surface area contributed by atoms with E-state index in [9.17, 15) is 9.59 Å². The van der Waals surface area contributed by atoms with Gasteiger partial charge in [0.25, 0.3) is 0 Å². The number of hydrogen-bond acceptors (Lipinski definition) is 5. The summed E-state index contributed by atoms with van der Waals surface area (Å²) in [5.74, 6) is -1.45. The summed E-state index contributed by atoms with van der Waals surface area (Å²) in [6, 6.07) is 0. The number of rotatable bonds is 7. The topological polar surface area (TPSA) is 106 Å². The highest BCUT2D eigenvalue weighted by atomic mass is 16.5. The van der Waals surface area contributed by atoms with Gasteiger partial charge in [-0.05, 0) is 13.8 Å². The van der Waals surface area contributed by atoms with Crippen molar-refractivity contribution in [2.45, 2.75) is 26.5 Å². The molecule has 1 amide bonds. The Morgan fingerprint density at radius 3 is 2.83 bits per heavy atom. The second-order valence-electron chi connectivity index (χ2n) is 3.88. The van der Waals surface area contributed by atoms with Gasteiger partial charge in [-0.2, -0.15) is 0 Å². The maximum atomic E-state index is 11.4. The molecule has 0 radical (unpaired) electrons. The number of carboxylic acids is 1. The van der Waals surface area contributed by atoms with Crippen LogP contribution in [0.5, 0.6) is 0 Å². The molecule has 0 saturated carbocycles. The molecule has 1 aromatic rings. The van der Waals surface area contributed by atoms with Crippen molar-refractivity contribution < 1.29 is 19.4 Å². The average molecular weight is 256 g/mol. The van der Waals surface area contributed by atoms with Crippen LogP contribution in [-0.4, -0.2) is 51.2 Å². The van der Waals surface area contributed by atoms with Crippen LogP contribution >= 0.6 is 0 Å². The lowest BCUT2D eigenvalue weighted by atomic mass is 10.5. The number of carboxylic acid groups (broad SMARTS) is 1. The highest BCUT2D eigenvalue weighted by molar-refractivity contribution is 5.84. The van der Waals surface area contributed by atoms with Gasteiger partial charge >= 0.3 is 5.97 Å². The molecule has 0 aromatic carbocycles. The quantitative estimate of drug-likeness (QED) is 0.638. The van der Waals surface area contributed by atoms with Crippen molar-refractivity contribution >= 4 is 11.9 Å². The third-order valence-electron chi connectivity index (χ3n) is 1.94. The van der Waals surface area contributed by atoms with E-state index in [1.807, 2.05) is 13.8 Å². The molecule has 0 saturated heterocycles. The van der Waals surface area contributed by atoms with Gasteiger partial charge < -0.3 is 15.2 Å². The van der Waals surface area contributed by atoms with E-state index in [0.717, 1.165) is 0 Å². The summed E-state index contributed by atoms with van der Waals surface area (Å²) in [6.07, 6.45) is 1.32. The van der Waals surface area contributed by atoms with Crippen molar-refractivity contribution in [3.05, 3.63) is 11.9 Å². The third kappa shape index (κ3) is 4.91. The molecule has 0 spiro atoms. The van der Waals surface area contributed by atoms with Crippen molar-refractivity contribution in [3.63, 3.8) is 0 Å². The Balaban J connectivity index is 2.29. The highest BCUT2D eigenvalue weighted by Crippen LogP contribution is 1.92. The Bertz CT molecular complexity index is 416. The predicted octanol–water partition coefficient (Wildman–Crippen LogP) is -0.482. The predicted molar refractivity (Wildman–Crippen MR) is 61.1 cm³/mol. The average Bonchev–Trinajstić information content (AvgIpc) is 2.72. The Morgan fingerprint density at radius 2 is 2.28 bits per heavy atom. The summed E-state index contributed by atoms with van der Waals surface area (Å²) in [4.78, 5) is 22.0. The van der Waals surface area contributed by atoms with E-state index in [0.29, 0.717) is 13.2 Å². The maximum absolute atomic E-state index is 11.4. The first-order valence-corrected chi connectivity index (χ1v) is 5.50. The number of ether oxygens (including phenoxy) is 1. The molecule has 8 nitrogen and oxygen atoms in total. The molecule has 0 atom stereocenters. The zero-order valence-electron chi connectivity index (χ0n) is 10.3. The number of amides is 1. The molecular formula is C10H16N4O4. The van der Waals surface area contributed by atoms with E-state index in [1.165, 1.54) is 10.9 Å². The Hall–Kier alpha value is -1.96. The number of aromatic carboxylic acids is 1. The van der Waals surface area contributed by atoms with Crippen molar-refractivity contribution in [1.29, 1.82) is 0 Å². The van der Waals surface area contributed by atoms with E-state index < -0.39 is 5.97 Å². The molecule has 100 valence electrons. The Morgan fingerprint density at radius 1 is 1.56 bits per heavy atom. The first-order chi connectivity index (χ1) is 8.49. The fourth-order valence-electron chi connectivity index (χ4n) is 1.16. The molecule has 1 rings (SSSR count). The van der Waals surface area contributed by atoms with Crippen LogP contribution in [0.2, 0.25) is 0 Å². The highest BCUT2D eigenvalue weighted by Gasteiger charge is 2.10. The minimum absolute atomic E-state index is 0.0675. The van der Waals surface area contributed by atoms with Crippen molar-refractivity contribution in [2.24, 2.45) is 0 Å². The van der Waals surface area contributed by atoms with E-state index in [-0.39, 0.29) is 24.2 Å². The van der Waals surface area contributed by atoms with Crippen LogP contribution in [0.1, 0.15) is 24.3 Å². The minimum Gasteiger partial charge on any atom is -0.476 e. The van der Waals surface area contributed by atoms with Crippen molar-refractivity contribution in [2.75, 3.05) is 13.2 Å². The smallest absolute Gasteiger partial charge is 0.358 e. The maximum Gasteiger partial charge on any atom is 0.358 e. The molecule has 2 N–H and O–H groups in total. The zero-order valence-corrected chi connectivity index (χ0v) is 10.3. The molecular weight excluding hydrogens is 240 g/mol. The number of carbonyl (C=O) groups is 2. The van der Waals surface area contributed by atoms with Crippen molar-refractivity contribution in [1.82, 2.24) is 20.3 Å². The van der Waals surface area contributed by atoms with Crippen LogP contribution in [0.4, 0.5) is 0 Å². The second kappa shape index (κ2) is 6.70. The third-order valence-corrected chi connectivity index (χ3v) is 1.94. The second-order valence-corrected chi connectivity index (χ2v) is 3.88. The SMILES string of the molecule is CC(C)OCCNC(=O)Cn1cc(C(=O)O)nn1. The fourth-order valence-corrected chi connectivity index (χ4v) is 1.16. The van der Waals surface area contributed by atoms with Crippen LogP contribution in [0.15, 0.2) is 6.20 Å². The lowest BCUT2D eigenvalue weighted by Crippen LogP contribution is -2.31. The number of carbonyl (C=O) groups excluding carboxylic acids is 1. The molecule has 0 aliphatic rings. The largest absolute Gasteiger partial charge is 0.476 e. The van der Waals surface area contributed by atoms with Gasteiger partial charge in [-0.3, -0.25) is 4.79 Å². The summed E-state index contributed by atoms with van der Waals surface area (Å²) in [5.41, 5.74) is -0.189. The van der Waals surface area contributed by atoms with Gasteiger partial charge in [-0.15, -0.1) is 5.10 Å². The number of nitrogens with one attached hydrogen (secondary N) is 1. The van der Waals surface area contributed by atoms with E-state index >= 15 is 0 Å². The van der Waals surface area contributed by atoms with Crippen LogP contribution in [0.3, 0.4) is 0 Å². The first kappa shape index (κ1) is 14.1. The summed E-state index contributed by atoms with van der Waals surface area (Å²) in [6.45, 7) is 4.58. The molecule has 18 heavy (non-hydrogen) atoms. The summed E-state index contributed by atoms with van der Waals surface area (Å²) in [5, 5.41) is 18.2. The number of aromatic nitrogens is 3. The Labute approximate surface area is 104 Å². The molecule has 1 aromatic heterocycles. The molecule has 0 aliphatic heterocycles. The van der Waals surface area contributed by atoms with E-state index in [2.05, 4.69) is 15.6 Å². The van der Waals surface area contributed by atoms with E-state index in [1.54, 1.807) is 0 Å². The van der Waals surface area contributed by atoms with Gasteiger partial charge in [0.1, 0.15) is 6.54 Å². The minimum atomic E-state index is -1.17. The van der Waals surface area contributed by atoms with Crippen LogP contribution < -0.4 is 5.32 Å². The van der Waals surface area contributed by atoms with E-state index in [4.69, 9.17) is 9.84 Å². The van der Waals surface area contributed by atoms with Crippen LogP contribution in [-0.2, 0) is 16.1 Å². The lowest BCUT2D eigenvalue weighted by Gasteiger charge is -2.08. The molecule has 0 fully saturated rings. The standard InChI is InChI=1S/C10H16N4O4/c1-7(2)18-4-3-11-9(15)6-14-5-8(10(16)17)12-13-14/h5,7H,3-4,6H2,1-2H3,(H,11,15)(H,16,17). The zero-order chi connectivity index (χ0) is 13.5. The normalized spacial score (nSPS) is 10.6. The monoisotopic (exact) mass is 256 g/mol. The Kier molecular flexibility index (Phi) is 5.25. The first-order valence-electron chi connectivity index (χ1n) is 5.50. The van der Waals surface area contributed by atoms with Crippen LogP contribution in [0, 0.1) is 0 Å². The van der Waals surface area contributed by atoms with Gasteiger partial charge in [0.2, 0.25) is 5.91 Å². The van der Waals surface area contributed by atoms with Gasteiger partial charge in [-0.25, -0.2) is 9.48 Å². The lowest BCUT2D eigenvalue weighted by molar-refractivity contribution is -0.122. The van der Waals surface area contributed by atoms with Gasteiger partial charge in [0.15, 0.2) is 5.69 Å². The molecule has 1 heterocycles.